The molecule has 3 saturated heterocycles. The molecule has 2 aromatic rings. The van der Waals surface area contributed by atoms with E-state index in [-0.39, 0.29) is 29.0 Å². The SMILES string of the molecule is O=C(c1ccccc1)N1C[C@@H]2COCCN2C2(C1)CN(C(=O)c1ccc(C(F)(F)F)cc1)C2. The zero-order valence-corrected chi connectivity index (χ0v) is 17.9. The van der Waals surface area contributed by atoms with Crippen LogP contribution in [0.3, 0.4) is 0 Å². The van der Waals surface area contributed by atoms with E-state index in [0.29, 0.717) is 45.0 Å². The lowest BCUT2D eigenvalue weighted by Gasteiger charge is -2.63. The maximum absolute atomic E-state index is 13.1. The van der Waals surface area contributed by atoms with Gasteiger partial charge in [0.15, 0.2) is 0 Å². The predicted octanol–water partition coefficient (Wildman–Crippen LogP) is 2.76. The summed E-state index contributed by atoms with van der Waals surface area (Å²) in [6.07, 6.45) is -4.44. The van der Waals surface area contributed by atoms with Crippen molar-refractivity contribution in [3.8, 4) is 0 Å². The van der Waals surface area contributed by atoms with Gasteiger partial charge in [0, 0.05) is 43.9 Å². The summed E-state index contributed by atoms with van der Waals surface area (Å²) in [6, 6.07) is 13.5. The molecular weight excluding hydrogens is 435 g/mol. The molecule has 0 radical (unpaired) electrons. The number of rotatable bonds is 2. The minimum absolute atomic E-state index is 0.0449. The van der Waals surface area contributed by atoms with E-state index in [1.54, 1.807) is 17.0 Å². The third-order valence-corrected chi connectivity index (χ3v) is 6.78. The van der Waals surface area contributed by atoms with Crippen molar-refractivity contribution in [2.45, 2.75) is 17.8 Å². The fraction of sp³-hybridized carbons (Fsp3) is 0.417. The number of benzene rings is 2. The molecule has 3 heterocycles. The van der Waals surface area contributed by atoms with Crippen molar-refractivity contribution in [3.05, 3.63) is 71.3 Å². The molecule has 0 bridgehead atoms. The van der Waals surface area contributed by atoms with E-state index in [9.17, 15) is 22.8 Å². The van der Waals surface area contributed by atoms with Crippen molar-refractivity contribution in [3.63, 3.8) is 0 Å². The molecule has 0 unspecified atom stereocenters. The molecule has 174 valence electrons. The van der Waals surface area contributed by atoms with E-state index in [1.807, 2.05) is 23.1 Å². The first-order valence-electron chi connectivity index (χ1n) is 10.9. The zero-order chi connectivity index (χ0) is 23.2. The third kappa shape index (κ3) is 4.00. The number of fused-ring (bicyclic) bond motifs is 2. The first kappa shape index (κ1) is 21.9. The molecule has 3 fully saturated rings. The van der Waals surface area contributed by atoms with Crippen molar-refractivity contribution in [1.29, 1.82) is 0 Å². The summed E-state index contributed by atoms with van der Waals surface area (Å²) < 4.78 is 44.2. The van der Waals surface area contributed by atoms with Crippen LogP contribution >= 0.6 is 0 Å². The van der Waals surface area contributed by atoms with Gasteiger partial charge in [-0.15, -0.1) is 0 Å². The number of amides is 2. The quantitative estimate of drug-likeness (QED) is 0.693. The molecule has 2 aromatic carbocycles. The molecule has 1 atom stereocenters. The van der Waals surface area contributed by atoms with E-state index < -0.39 is 11.7 Å². The number of morpholine rings is 1. The molecule has 1 spiro atoms. The van der Waals surface area contributed by atoms with Crippen LogP contribution in [0.1, 0.15) is 26.3 Å². The van der Waals surface area contributed by atoms with Crippen molar-refractivity contribution in [2.24, 2.45) is 0 Å². The van der Waals surface area contributed by atoms with Crippen molar-refractivity contribution in [1.82, 2.24) is 14.7 Å². The van der Waals surface area contributed by atoms with E-state index in [4.69, 9.17) is 4.74 Å². The van der Waals surface area contributed by atoms with Crippen LogP contribution in [0.5, 0.6) is 0 Å². The van der Waals surface area contributed by atoms with Crippen molar-refractivity contribution in [2.75, 3.05) is 45.9 Å². The maximum Gasteiger partial charge on any atom is 0.416 e. The molecule has 0 saturated carbocycles. The van der Waals surface area contributed by atoms with E-state index in [2.05, 4.69) is 4.90 Å². The molecule has 5 rings (SSSR count). The van der Waals surface area contributed by atoms with Crippen LogP contribution in [0.4, 0.5) is 13.2 Å². The summed E-state index contributed by atoms with van der Waals surface area (Å²) >= 11 is 0. The van der Waals surface area contributed by atoms with Crippen LogP contribution in [0.25, 0.3) is 0 Å². The minimum Gasteiger partial charge on any atom is -0.378 e. The molecule has 9 heteroatoms. The van der Waals surface area contributed by atoms with E-state index in [1.165, 1.54) is 12.1 Å². The Balaban J connectivity index is 1.33. The number of likely N-dealkylation sites (tertiary alicyclic amines) is 1. The van der Waals surface area contributed by atoms with E-state index in [0.717, 1.165) is 18.7 Å². The first-order chi connectivity index (χ1) is 15.8. The Bertz CT molecular complexity index is 1040. The monoisotopic (exact) mass is 459 g/mol. The van der Waals surface area contributed by atoms with Crippen LogP contribution in [0.2, 0.25) is 0 Å². The van der Waals surface area contributed by atoms with Gasteiger partial charge in [-0.3, -0.25) is 14.5 Å². The minimum atomic E-state index is -4.44. The highest BCUT2D eigenvalue weighted by molar-refractivity contribution is 5.96. The molecule has 3 aliphatic rings. The van der Waals surface area contributed by atoms with Gasteiger partial charge >= 0.3 is 6.18 Å². The van der Waals surface area contributed by atoms with Gasteiger partial charge in [-0.2, -0.15) is 13.2 Å². The summed E-state index contributed by atoms with van der Waals surface area (Å²) in [5, 5.41) is 0. The number of ether oxygens (including phenoxy) is 1. The summed E-state index contributed by atoms with van der Waals surface area (Å²) in [7, 11) is 0. The zero-order valence-electron chi connectivity index (χ0n) is 17.9. The summed E-state index contributed by atoms with van der Waals surface area (Å²) in [5.41, 5.74) is -0.310. The lowest BCUT2D eigenvalue weighted by atomic mass is 9.82. The predicted molar refractivity (Wildman–Crippen MR) is 114 cm³/mol. The highest BCUT2D eigenvalue weighted by Gasteiger charge is 2.56. The Morgan fingerprint density at radius 1 is 0.879 bits per heavy atom. The summed E-state index contributed by atoms with van der Waals surface area (Å²) in [4.78, 5) is 31.9. The van der Waals surface area contributed by atoms with Crippen LogP contribution in [0.15, 0.2) is 54.6 Å². The van der Waals surface area contributed by atoms with Gasteiger partial charge < -0.3 is 14.5 Å². The number of nitrogens with zero attached hydrogens (tertiary/aromatic N) is 3. The van der Waals surface area contributed by atoms with Gasteiger partial charge in [-0.05, 0) is 36.4 Å². The molecular formula is C24H24F3N3O3. The summed E-state index contributed by atoms with van der Waals surface area (Å²) in [6.45, 7) is 3.73. The Morgan fingerprint density at radius 3 is 2.15 bits per heavy atom. The largest absolute Gasteiger partial charge is 0.416 e. The Hall–Kier alpha value is -2.91. The average molecular weight is 459 g/mol. The first-order valence-corrected chi connectivity index (χ1v) is 10.9. The highest BCUT2D eigenvalue weighted by atomic mass is 19.4. The Kier molecular flexibility index (Phi) is 5.41. The maximum atomic E-state index is 13.1. The number of hydrogen-bond donors (Lipinski definition) is 0. The fourth-order valence-electron chi connectivity index (χ4n) is 5.19. The van der Waals surface area contributed by atoms with E-state index >= 15 is 0 Å². The smallest absolute Gasteiger partial charge is 0.378 e. The molecule has 3 aliphatic heterocycles. The second-order valence-electron chi connectivity index (χ2n) is 8.93. The van der Waals surface area contributed by atoms with Crippen molar-refractivity contribution < 1.29 is 27.5 Å². The summed E-state index contributed by atoms with van der Waals surface area (Å²) in [5.74, 6) is -0.349. The van der Waals surface area contributed by atoms with Gasteiger partial charge in [0.1, 0.15) is 0 Å². The lowest BCUT2D eigenvalue weighted by Crippen LogP contribution is -2.81. The van der Waals surface area contributed by atoms with Crippen LogP contribution in [0, 0.1) is 0 Å². The number of carbonyl (C=O) groups excluding carboxylic acids is 2. The molecule has 33 heavy (non-hydrogen) atoms. The Labute approximate surface area is 189 Å². The molecule has 0 aromatic heterocycles. The third-order valence-electron chi connectivity index (χ3n) is 6.78. The lowest BCUT2D eigenvalue weighted by molar-refractivity contribution is -0.148. The second-order valence-corrected chi connectivity index (χ2v) is 8.93. The Morgan fingerprint density at radius 2 is 1.48 bits per heavy atom. The fourth-order valence-corrected chi connectivity index (χ4v) is 5.19. The molecule has 0 aliphatic carbocycles. The average Bonchev–Trinajstić information content (AvgIpc) is 2.81. The molecule has 2 amide bonds. The number of halogens is 3. The number of hydrogen-bond acceptors (Lipinski definition) is 4. The van der Waals surface area contributed by atoms with Gasteiger partial charge in [0.25, 0.3) is 11.8 Å². The van der Waals surface area contributed by atoms with Gasteiger partial charge in [-0.1, -0.05) is 18.2 Å². The van der Waals surface area contributed by atoms with Crippen LogP contribution < -0.4 is 0 Å². The molecule has 0 N–H and O–H groups in total. The second kappa shape index (κ2) is 8.14. The van der Waals surface area contributed by atoms with Gasteiger partial charge in [0.05, 0.1) is 30.4 Å². The van der Waals surface area contributed by atoms with Crippen LogP contribution in [-0.2, 0) is 10.9 Å². The van der Waals surface area contributed by atoms with Crippen LogP contribution in [-0.4, -0.2) is 84.0 Å². The molecule has 6 nitrogen and oxygen atoms in total. The normalized spacial score (nSPS) is 22.6. The van der Waals surface area contributed by atoms with Gasteiger partial charge in [-0.25, -0.2) is 0 Å². The van der Waals surface area contributed by atoms with Gasteiger partial charge in [0.2, 0.25) is 0 Å². The number of piperazine rings is 1. The number of carbonyl (C=O) groups is 2. The standard InChI is InChI=1S/C24H24F3N3O3/c25-24(26,27)19-8-6-18(7-9-19)22(32)29-15-23(16-29)14-28(12-20-13-33-11-10-30(20)23)21(31)17-4-2-1-3-5-17/h1-9,20H,10-16H2/t20-/m1/s1. The topological polar surface area (TPSA) is 53.1 Å². The number of alkyl halides is 3. The van der Waals surface area contributed by atoms with Crippen molar-refractivity contribution >= 4 is 11.8 Å². The highest BCUT2D eigenvalue weighted by Crippen LogP contribution is 2.37.